The molecule has 1 N–H and O–H groups in total. The van der Waals surface area contributed by atoms with Crippen LogP contribution in [0.25, 0.3) is 0 Å². The number of Topliss-reactive ketones (excluding diaryl/α,β-unsaturated/α-hetero) is 1. The summed E-state index contributed by atoms with van der Waals surface area (Å²) in [7, 11) is 1.20. The van der Waals surface area contributed by atoms with Crippen molar-refractivity contribution in [2.45, 2.75) is 32.1 Å². The number of hydrogen-bond acceptors (Lipinski definition) is 4. The Kier molecular flexibility index (Phi) is 4.22. The Hall–Kier alpha value is -2.50. The Morgan fingerprint density at radius 2 is 1.92 bits per heavy atom. The standard InChI is InChI=1S/C18H17F2NO3/c1-9-14(18(23)24-2)17(15-10(19)5-3-6-11(15)20)16-12(21-9)7-4-8-13(16)22/h3,5-6,17,21H,4,7-8H2,1-2H3/t17-/m1/s1. The molecular weight excluding hydrogens is 316 g/mol. The fraction of sp³-hybridized carbons (Fsp3) is 0.333. The molecule has 6 heteroatoms. The number of ether oxygens (including phenoxy) is 1. The Morgan fingerprint density at radius 3 is 2.54 bits per heavy atom. The highest BCUT2D eigenvalue weighted by Crippen LogP contribution is 2.43. The first-order chi connectivity index (χ1) is 11.5. The highest BCUT2D eigenvalue weighted by Gasteiger charge is 2.41. The lowest BCUT2D eigenvalue weighted by Gasteiger charge is -2.34. The van der Waals surface area contributed by atoms with E-state index in [0.29, 0.717) is 30.7 Å². The zero-order valence-electron chi connectivity index (χ0n) is 13.4. The van der Waals surface area contributed by atoms with E-state index in [9.17, 15) is 18.4 Å². The van der Waals surface area contributed by atoms with Gasteiger partial charge in [-0.2, -0.15) is 0 Å². The number of methoxy groups -OCH3 is 1. The quantitative estimate of drug-likeness (QED) is 0.845. The monoisotopic (exact) mass is 333 g/mol. The Morgan fingerprint density at radius 1 is 1.25 bits per heavy atom. The second-order valence-electron chi connectivity index (χ2n) is 5.89. The number of halogens is 2. The van der Waals surface area contributed by atoms with Crippen LogP contribution in [0.3, 0.4) is 0 Å². The highest BCUT2D eigenvalue weighted by atomic mass is 19.1. The average Bonchev–Trinajstić information content (AvgIpc) is 2.53. The molecule has 0 amide bonds. The van der Waals surface area contributed by atoms with Gasteiger partial charge in [0.2, 0.25) is 0 Å². The minimum Gasteiger partial charge on any atom is -0.466 e. The predicted octanol–water partition coefficient (Wildman–Crippen LogP) is 3.11. The van der Waals surface area contributed by atoms with Gasteiger partial charge in [-0.25, -0.2) is 13.6 Å². The molecule has 0 spiro atoms. The highest BCUT2D eigenvalue weighted by molar-refractivity contribution is 6.03. The first kappa shape index (κ1) is 16.4. The van der Waals surface area contributed by atoms with Gasteiger partial charge in [-0.15, -0.1) is 0 Å². The topological polar surface area (TPSA) is 55.4 Å². The van der Waals surface area contributed by atoms with Crippen LogP contribution >= 0.6 is 0 Å². The normalized spacial score (nSPS) is 20.7. The van der Waals surface area contributed by atoms with Crippen molar-refractivity contribution in [3.05, 3.63) is 57.9 Å². The van der Waals surface area contributed by atoms with Gasteiger partial charge in [-0.05, 0) is 31.9 Å². The third-order valence-electron chi connectivity index (χ3n) is 4.47. The maximum atomic E-state index is 14.4. The van der Waals surface area contributed by atoms with Crippen LogP contribution in [0.5, 0.6) is 0 Å². The third kappa shape index (κ3) is 2.52. The number of carbonyl (C=O) groups excluding carboxylic acids is 2. The van der Waals surface area contributed by atoms with Crippen molar-refractivity contribution in [3.8, 4) is 0 Å². The van der Waals surface area contributed by atoms with Gasteiger partial charge >= 0.3 is 5.97 Å². The van der Waals surface area contributed by atoms with Crippen LogP contribution in [0.2, 0.25) is 0 Å². The maximum Gasteiger partial charge on any atom is 0.336 e. The van der Waals surface area contributed by atoms with Crippen LogP contribution < -0.4 is 5.32 Å². The van der Waals surface area contributed by atoms with E-state index in [2.05, 4.69) is 5.32 Å². The van der Waals surface area contributed by atoms with Gasteiger partial charge in [0.05, 0.1) is 18.6 Å². The molecule has 0 aromatic heterocycles. The van der Waals surface area contributed by atoms with Crippen molar-refractivity contribution in [2.75, 3.05) is 7.11 Å². The lowest BCUT2D eigenvalue weighted by molar-refractivity contribution is -0.136. The van der Waals surface area contributed by atoms with E-state index in [4.69, 9.17) is 4.74 Å². The first-order valence-electron chi connectivity index (χ1n) is 7.72. The summed E-state index contributed by atoms with van der Waals surface area (Å²) in [5.41, 5.74) is 1.11. The molecule has 0 saturated carbocycles. The number of dihydropyridines is 1. The Labute approximate surface area is 138 Å². The number of allylic oxidation sites excluding steroid dienone is 3. The van der Waals surface area contributed by atoms with Gasteiger partial charge in [0.25, 0.3) is 0 Å². The fourth-order valence-electron chi connectivity index (χ4n) is 3.44. The molecule has 0 bridgehead atoms. The zero-order chi connectivity index (χ0) is 17.4. The van der Waals surface area contributed by atoms with Gasteiger partial charge in [-0.3, -0.25) is 4.79 Å². The number of hydrogen-bond donors (Lipinski definition) is 1. The molecule has 2 aliphatic rings. The third-order valence-corrected chi connectivity index (χ3v) is 4.47. The van der Waals surface area contributed by atoms with E-state index in [1.54, 1.807) is 6.92 Å². The summed E-state index contributed by atoms with van der Waals surface area (Å²) >= 11 is 0. The fourth-order valence-corrected chi connectivity index (χ4v) is 3.44. The van der Waals surface area contributed by atoms with Crippen molar-refractivity contribution in [1.82, 2.24) is 5.32 Å². The van der Waals surface area contributed by atoms with Crippen LogP contribution in [0.4, 0.5) is 8.78 Å². The summed E-state index contributed by atoms with van der Waals surface area (Å²) in [5, 5.41) is 3.05. The lowest BCUT2D eigenvalue weighted by atomic mass is 9.75. The number of rotatable bonds is 2. The van der Waals surface area contributed by atoms with Gasteiger partial charge in [0.15, 0.2) is 5.78 Å². The molecule has 126 valence electrons. The molecule has 1 aromatic rings. The van der Waals surface area contributed by atoms with E-state index >= 15 is 0 Å². The molecule has 1 atom stereocenters. The van der Waals surface area contributed by atoms with E-state index in [-0.39, 0.29) is 22.5 Å². The summed E-state index contributed by atoms with van der Waals surface area (Å²) in [5.74, 6) is -3.59. The molecule has 0 saturated heterocycles. The molecule has 4 nitrogen and oxygen atoms in total. The molecule has 1 aliphatic carbocycles. The number of esters is 1. The van der Waals surface area contributed by atoms with Crippen LogP contribution in [0.1, 0.15) is 37.7 Å². The minimum atomic E-state index is -1.09. The molecular formula is C18H17F2NO3. The maximum absolute atomic E-state index is 14.4. The largest absolute Gasteiger partial charge is 0.466 e. The van der Waals surface area contributed by atoms with Crippen LogP contribution in [0.15, 0.2) is 40.7 Å². The summed E-state index contributed by atoms with van der Waals surface area (Å²) in [6, 6.07) is 3.50. The van der Waals surface area contributed by atoms with E-state index in [1.165, 1.54) is 13.2 Å². The lowest BCUT2D eigenvalue weighted by Crippen LogP contribution is -2.35. The van der Waals surface area contributed by atoms with Crippen molar-refractivity contribution < 1.29 is 23.1 Å². The Balaban J connectivity index is 2.28. The molecule has 1 aliphatic heterocycles. The molecule has 0 radical (unpaired) electrons. The zero-order valence-corrected chi connectivity index (χ0v) is 13.4. The van der Waals surface area contributed by atoms with Gasteiger partial charge in [0.1, 0.15) is 11.6 Å². The SMILES string of the molecule is COC(=O)C1=C(C)NC2=C(C(=O)CCC2)[C@H]1c1c(F)cccc1F. The average molecular weight is 333 g/mol. The van der Waals surface area contributed by atoms with E-state index < -0.39 is 23.5 Å². The molecule has 3 rings (SSSR count). The van der Waals surface area contributed by atoms with E-state index in [1.807, 2.05) is 0 Å². The van der Waals surface area contributed by atoms with Gasteiger partial charge < -0.3 is 10.1 Å². The molecule has 0 unspecified atom stereocenters. The molecule has 1 heterocycles. The summed E-state index contributed by atoms with van der Waals surface area (Å²) in [6.45, 7) is 1.64. The van der Waals surface area contributed by atoms with Crippen molar-refractivity contribution in [3.63, 3.8) is 0 Å². The first-order valence-corrected chi connectivity index (χ1v) is 7.72. The van der Waals surface area contributed by atoms with Gasteiger partial charge in [-0.1, -0.05) is 6.07 Å². The summed E-state index contributed by atoms with van der Waals surface area (Å²) in [4.78, 5) is 24.7. The number of ketones is 1. The molecule has 1 aromatic carbocycles. The summed E-state index contributed by atoms with van der Waals surface area (Å²) in [6.07, 6.45) is 1.55. The number of nitrogens with one attached hydrogen (secondary N) is 1. The minimum absolute atomic E-state index is 0.0653. The van der Waals surface area contributed by atoms with Crippen molar-refractivity contribution in [2.24, 2.45) is 0 Å². The van der Waals surface area contributed by atoms with Crippen molar-refractivity contribution in [1.29, 1.82) is 0 Å². The van der Waals surface area contributed by atoms with E-state index in [0.717, 1.165) is 12.1 Å². The number of carbonyl (C=O) groups is 2. The van der Waals surface area contributed by atoms with Crippen LogP contribution in [-0.4, -0.2) is 18.9 Å². The second kappa shape index (κ2) is 6.19. The van der Waals surface area contributed by atoms with Crippen LogP contribution in [0, 0.1) is 11.6 Å². The molecule has 0 fully saturated rings. The van der Waals surface area contributed by atoms with Gasteiger partial charge in [0, 0.05) is 29.0 Å². The van der Waals surface area contributed by atoms with Crippen LogP contribution in [-0.2, 0) is 14.3 Å². The van der Waals surface area contributed by atoms with Crippen molar-refractivity contribution >= 4 is 11.8 Å². The summed E-state index contributed by atoms with van der Waals surface area (Å²) < 4.78 is 33.6. The smallest absolute Gasteiger partial charge is 0.336 e. The second-order valence-corrected chi connectivity index (χ2v) is 5.89. The predicted molar refractivity (Wildman–Crippen MR) is 82.8 cm³/mol. The molecule has 24 heavy (non-hydrogen) atoms. The number of benzene rings is 1. The Bertz CT molecular complexity index is 775.